The highest BCUT2D eigenvalue weighted by atomic mass is 19.1. The summed E-state index contributed by atoms with van der Waals surface area (Å²) in [6.07, 6.45) is 0. The summed E-state index contributed by atoms with van der Waals surface area (Å²) < 4.78 is 13.7. The van der Waals surface area contributed by atoms with E-state index in [1.165, 1.54) is 12.1 Å². The number of benzene rings is 2. The summed E-state index contributed by atoms with van der Waals surface area (Å²) in [5, 5.41) is 26.4. The van der Waals surface area contributed by atoms with E-state index in [1.54, 1.807) is 6.07 Å². The minimum absolute atomic E-state index is 0.136. The van der Waals surface area contributed by atoms with Gasteiger partial charge < -0.3 is 20.8 Å². The van der Waals surface area contributed by atoms with E-state index in [1.807, 2.05) is 18.2 Å². The number of phenols is 1. The summed E-state index contributed by atoms with van der Waals surface area (Å²) in [5.41, 5.74) is 0.773. The number of carboxylic acids is 1. The normalized spacial score (nSPS) is 19.3. The van der Waals surface area contributed by atoms with Crippen LogP contribution in [0.4, 0.5) is 10.2 Å². The maximum atomic E-state index is 13.7. The number of halogens is 1. The Morgan fingerprint density at radius 1 is 1.19 bits per heavy atom. The van der Waals surface area contributed by atoms with Crippen LogP contribution < -0.4 is 10.6 Å². The predicted octanol–water partition coefficient (Wildman–Crippen LogP) is 2.23. The Morgan fingerprint density at radius 2 is 2.00 bits per heavy atom. The molecule has 1 aromatic heterocycles. The van der Waals surface area contributed by atoms with Gasteiger partial charge in [0.25, 0.3) is 0 Å². The molecule has 138 valence electrons. The molecule has 1 aliphatic heterocycles. The van der Waals surface area contributed by atoms with E-state index in [0.717, 1.165) is 6.07 Å². The predicted molar refractivity (Wildman–Crippen MR) is 98.0 cm³/mol. The van der Waals surface area contributed by atoms with Crippen molar-refractivity contribution in [2.24, 2.45) is 5.92 Å². The molecule has 7 nitrogen and oxygen atoms in total. The van der Waals surface area contributed by atoms with Crippen molar-refractivity contribution < 1.29 is 19.4 Å². The third kappa shape index (κ3) is 3.26. The van der Waals surface area contributed by atoms with E-state index in [-0.39, 0.29) is 23.2 Å². The Morgan fingerprint density at radius 3 is 2.81 bits per heavy atom. The van der Waals surface area contributed by atoms with Crippen molar-refractivity contribution in [3.63, 3.8) is 0 Å². The van der Waals surface area contributed by atoms with Gasteiger partial charge in [-0.1, -0.05) is 12.1 Å². The molecule has 4 N–H and O–H groups in total. The lowest BCUT2D eigenvalue weighted by atomic mass is 10.0. The Bertz CT molecular complexity index is 1030. The van der Waals surface area contributed by atoms with Crippen LogP contribution in [0.1, 0.15) is 0 Å². The number of hydrogen-bond donors (Lipinski definition) is 4. The van der Waals surface area contributed by atoms with Gasteiger partial charge in [-0.3, -0.25) is 4.79 Å². The molecule has 1 fully saturated rings. The van der Waals surface area contributed by atoms with Crippen LogP contribution >= 0.6 is 0 Å². The molecule has 0 unspecified atom stereocenters. The fourth-order valence-corrected chi connectivity index (χ4v) is 3.26. The summed E-state index contributed by atoms with van der Waals surface area (Å²) in [6.45, 7) is 0.851. The van der Waals surface area contributed by atoms with Gasteiger partial charge in [-0.2, -0.15) is 0 Å². The third-order valence-corrected chi connectivity index (χ3v) is 4.66. The lowest BCUT2D eigenvalue weighted by molar-refractivity contribution is -0.141. The Labute approximate surface area is 153 Å². The SMILES string of the molecule is O=C(O)[C@H]1CNC[C@@H]1Nc1nc(-c2cc(F)ccc2O)nc2ccccc12. The van der Waals surface area contributed by atoms with Crippen molar-refractivity contribution in [3.05, 3.63) is 48.3 Å². The number of phenolic OH excluding ortho intramolecular Hbond substituents is 1. The smallest absolute Gasteiger partial charge is 0.309 e. The number of aromatic nitrogens is 2. The quantitative estimate of drug-likeness (QED) is 0.559. The molecule has 0 aliphatic carbocycles. The standard InChI is InChI=1S/C19H17FN4O3/c20-10-5-6-16(25)12(7-10)18-22-14-4-2-1-3-11(14)17(24-18)23-15-9-21-8-13(15)19(26)27/h1-7,13,15,21,25H,8-9H2,(H,26,27)(H,22,23,24)/t13-,15-/m0/s1. The number of fused-ring (bicyclic) bond motifs is 1. The van der Waals surface area contributed by atoms with Gasteiger partial charge in [0.1, 0.15) is 17.4 Å². The summed E-state index contributed by atoms with van der Waals surface area (Å²) in [7, 11) is 0. The van der Waals surface area contributed by atoms with Crippen LogP contribution in [0.3, 0.4) is 0 Å². The van der Waals surface area contributed by atoms with E-state index >= 15 is 0 Å². The van der Waals surface area contributed by atoms with Crippen LogP contribution in [0.5, 0.6) is 5.75 Å². The van der Waals surface area contributed by atoms with Crippen molar-refractivity contribution in [1.29, 1.82) is 0 Å². The number of hydrogen-bond acceptors (Lipinski definition) is 6. The lowest BCUT2D eigenvalue weighted by Gasteiger charge is -2.19. The van der Waals surface area contributed by atoms with E-state index in [2.05, 4.69) is 20.6 Å². The molecular weight excluding hydrogens is 351 g/mol. The number of para-hydroxylation sites is 1. The van der Waals surface area contributed by atoms with Crippen LogP contribution in [0.25, 0.3) is 22.3 Å². The van der Waals surface area contributed by atoms with E-state index < -0.39 is 17.7 Å². The molecule has 27 heavy (non-hydrogen) atoms. The molecular formula is C19H17FN4O3. The van der Waals surface area contributed by atoms with Crippen molar-refractivity contribution in [2.75, 3.05) is 18.4 Å². The highest BCUT2D eigenvalue weighted by Crippen LogP contribution is 2.31. The molecule has 2 atom stereocenters. The number of rotatable bonds is 4. The van der Waals surface area contributed by atoms with Gasteiger partial charge in [0.2, 0.25) is 0 Å². The molecule has 8 heteroatoms. The minimum Gasteiger partial charge on any atom is -0.507 e. The van der Waals surface area contributed by atoms with Crippen LogP contribution in [0, 0.1) is 11.7 Å². The Hall–Kier alpha value is -3.26. The molecule has 4 rings (SSSR count). The van der Waals surface area contributed by atoms with Gasteiger partial charge in [-0.05, 0) is 30.3 Å². The number of anilines is 1. The average Bonchev–Trinajstić information content (AvgIpc) is 3.12. The summed E-state index contributed by atoms with van der Waals surface area (Å²) in [5.74, 6) is -1.53. The molecule has 3 aromatic rings. The molecule has 0 bridgehead atoms. The third-order valence-electron chi connectivity index (χ3n) is 4.66. The van der Waals surface area contributed by atoms with Gasteiger partial charge in [0, 0.05) is 18.5 Å². The first-order chi connectivity index (χ1) is 13.0. The van der Waals surface area contributed by atoms with Crippen LogP contribution in [-0.4, -0.2) is 45.3 Å². The first-order valence-electron chi connectivity index (χ1n) is 8.48. The maximum absolute atomic E-state index is 13.7. The van der Waals surface area contributed by atoms with Crippen molar-refractivity contribution in [1.82, 2.24) is 15.3 Å². The zero-order valence-corrected chi connectivity index (χ0v) is 14.2. The van der Waals surface area contributed by atoms with Crippen molar-refractivity contribution >= 4 is 22.7 Å². The van der Waals surface area contributed by atoms with Gasteiger partial charge in [0.15, 0.2) is 5.82 Å². The topological polar surface area (TPSA) is 107 Å². The largest absolute Gasteiger partial charge is 0.507 e. The second-order valence-electron chi connectivity index (χ2n) is 6.43. The van der Waals surface area contributed by atoms with Crippen molar-refractivity contribution in [3.8, 4) is 17.1 Å². The first-order valence-corrected chi connectivity index (χ1v) is 8.48. The van der Waals surface area contributed by atoms with Gasteiger partial charge in [0.05, 0.1) is 23.0 Å². The number of carbonyl (C=O) groups is 1. The summed E-state index contributed by atoms with van der Waals surface area (Å²) in [6, 6.07) is 10.5. The van der Waals surface area contributed by atoms with Crippen LogP contribution in [0.15, 0.2) is 42.5 Å². The number of nitrogens with zero attached hydrogens (tertiary/aromatic N) is 2. The lowest BCUT2D eigenvalue weighted by Crippen LogP contribution is -2.33. The molecule has 2 aromatic carbocycles. The zero-order valence-electron chi connectivity index (χ0n) is 14.2. The van der Waals surface area contributed by atoms with Gasteiger partial charge >= 0.3 is 5.97 Å². The van der Waals surface area contributed by atoms with Gasteiger partial charge in [-0.25, -0.2) is 14.4 Å². The molecule has 0 spiro atoms. The minimum atomic E-state index is -0.890. The number of aromatic hydroxyl groups is 1. The molecule has 0 saturated carbocycles. The second-order valence-corrected chi connectivity index (χ2v) is 6.43. The molecule has 2 heterocycles. The van der Waals surface area contributed by atoms with E-state index in [4.69, 9.17) is 0 Å². The van der Waals surface area contributed by atoms with Crippen molar-refractivity contribution in [2.45, 2.75) is 6.04 Å². The fraction of sp³-hybridized carbons (Fsp3) is 0.211. The summed E-state index contributed by atoms with van der Waals surface area (Å²) in [4.78, 5) is 20.3. The number of carboxylic acid groups (broad SMARTS) is 1. The molecule has 1 aliphatic rings. The van der Waals surface area contributed by atoms with Crippen LogP contribution in [-0.2, 0) is 4.79 Å². The second kappa shape index (κ2) is 6.81. The van der Waals surface area contributed by atoms with Gasteiger partial charge in [-0.15, -0.1) is 0 Å². The summed E-state index contributed by atoms with van der Waals surface area (Å²) >= 11 is 0. The van der Waals surface area contributed by atoms with E-state index in [9.17, 15) is 19.4 Å². The highest BCUT2D eigenvalue weighted by Gasteiger charge is 2.33. The molecule has 1 saturated heterocycles. The van der Waals surface area contributed by atoms with Crippen LogP contribution in [0.2, 0.25) is 0 Å². The molecule has 0 amide bonds. The Kier molecular flexibility index (Phi) is 4.33. The highest BCUT2D eigenvalue weighted by molar-refractivity contribution is 5.91. The number of aliphatic carboxylic acids is 1. The Balaban J connectivity index is 1.82. The number of nitrogens with one attached hydrogen (secondary N) is 2. The first kappa shape index (κ1) is 17.2. The maximum Gasteiger partial charge on any atom is 0.309 e. The average molecular weight is 368 g/mol. The molecule has 0 radical (unpaired) electrons. The fourth-order valence-electron chi connectivity index (χ4n) is 3.26. The monoisotopic (exact) mass is 368 g/mol. The van der Waals surface area contributed by atoms with E-state index in [0.29, 0.717) is 29.8 Å². The zero-order chi connectivity index (χ0) is 19.0.